The molecule has 176 valence electrons. The van der Waals surface area contributed by atoms with Gasteiger partial charge in [0.2, 0.25) is 0 Å². The Morgan fingerprint density at radius 3 is 1.07 bits per heavy atom. The van der Waals surface area contributed by atoms with E-state index in [0.717, 1.165) is 13.0 Å². The van der Waals surface area contributed by atoms with Crippen LogP contribution in [0.25, 0.3) is 0 Å². The van der Waals surface area contributed by atoms with Crippen LogP contribution in [0, 0.1) is 0 Å². The summed E-state index contributed by atoms with van der Waals surface area (Å²) in [6, 6.07) is 0. The quantitative estimate of drug-likeness (QED) is 0.187. The molecule has 0 aliphatic carbocycles. The van der Waals surface area contributed by atoms with E-state index in [1.54, 1.807) is 0 Å². The molecule has 0 rings (SSSR count). The third kappa shape index (κ3) is 27.8. The summed E-state index contributed by atoms with van der Waals surface area (Å²) in [6.45, 7) is 7.06. The van der Waals surface area contributed by atoms with Crippen molar-refractivity contribution in [1.82, 2.24) is 0 Å². The van der Waals surface area contributed by atoms with Crippen LogP contribution in [-0.2, 0) is 18.9 Å². The molecule has 5 nitrogen and oxygen atoms in total. The standard InChI is InChI=1S/C24H50O5/c1-2-3-4-5-6-7-8-9-10-11-12-13-14-15-17-26-19-21-28-23-24-29-22-20-27-18-16-25/h25H,2-24H2,1H3. The molecule has 0 amide bonds. The molecule has 0 aromatic heterocycles. The van der Waals surface area contributed by atoms with Crippen LogP contribution in [0.15, 0.2) is 0 Å². The first kappa shape index (κ1) is 28.8. The lowest BCUT2D eigenvalue weighted by Gasteiger charge is -2.07. The molecular formula is C24H50O5. The topological polar surface area (TPSA) is 57.2 Å². The fraction of sp³-hybridized carbons (Fsp3) is 1.00. The van der Waals surface area contributed by atoms with E-state index in [0.29, 0.717) is 46.2 Å². The SMILES string of the molecule is CCCCCCCCCCCCCCCCOCCOCCOCCOCCO. The van der Waals surface area contributed by atoms with E-state index in [1.807, 2.05) is 0 Å². The molecule has 0 atom stereocenters. The Morgan fingerprint density at radius 2 is 0.690 bits per heavy atom. The number of hydrogen-bond acceptors (Lipinski definition) is 5. The summed E-state index contributed by atoms with van der Waals surface area (Å²) in [4.78, 5) is 0. The minimum Gasteiger partial charge on any atom is -0.394 e. The first-order valence-electron chi connectivity index (χ1n) is 12.3. The van der Waals surface area contributed by atoms with Gasteiger partial charge in [0.1, 0.15) is 0 Å². The molecule has 0 spiro atoms. The summed E-state index contributed by atoms with van der Waals surface area (Å²) >= 11 is 0. The van der Waals surface area contributed by atoms with E-state index < -0.39 is 0 Å². The molecule has 0 bridgehead atoms. The Morgan fingerprint density at radius 1 is 0.379 bits per heavy atom. The van der Waals surface area contributed by atoms with Crippen LogP contribution >= 0.6 is 0 Å². The van der Waals surface area contributed by atoms with Gasteiger partial charge in [-0.05, 0) is 6.42 Å². The molecule has 0 aromatic carbocycles. The zero-order valence-electron chi connectivity index (χ0n) is 19.3. The van der Waals surface area contributed by atoms with Gasteiger partial charge >= 0.3 is 0 Å². The lowest BCUT2D eigenvalue weighted by atomic mass is 10.0. The average molecular weight is 419 g/mol. The Bertz CT molecular complexity index is 250. The van der Waals surface area contributed by atoms with Gasteiger partial charge in [0.15, 0.2) is 0 Å². The highest BCUT2D eigenvalue weighted by atomic mass is 16.6. The number of hydrogen-bond donors (Lipinski definition) is 1. The van der Waals surface area contributed by atoms with Crippen molar-refractivity contribution in [2.24, 2.45) is 0 Å². The van der Waals surface area contributed by atoms with E-state index in [9.17, 15) is 0 Å². The van der Waals surface area contributed by atoms with Gasteiger partial charge in [-0.15, -0.1) is 0 Å². The summed E-state index contributed by atoms with van der Waals surface area (Å²) in [5.74, 6) is 0. The molecule has 0 saturated carbocycles. The lowest BCUT2D eigenvalue weighted by Crippen LogP contribution is -2.12. The van der Waals surface area contributed by atoms with Crippen LogP contribution < -0.4 is 0 Å². The predicted octanol–water partition coefficient (Wildman–Crippen LogP) is 5.53. The Labute approximate surface area is 180 Å². The van der Waals surface area contributed by atoms with Crippen molar-refractivity contribution in [2.75, 3.05) is 59.5 Å². The summed E-state index contributed by atoms with van der Waals surface area (Å²) < 4.78 is 21.5. The Balaban J connectivity index is 2.97. The number of ether oxygens (including phenoxy) is 4. The second-order valence-electron chi connectivity index (χ2n) is 7.77. The minimum absolute atomic E-state index is 0.0580. The van der Waals surface area contributed by atoms with Crippen molar-refractivity contribution in [1.29, 1.82) is 0 Å². The fourth-order valence-corrected chi connectivity index (χ4v) is 3.23. The van der Waals surface area contributed by atoms with Crippen molar-refractivity contribution in [2.45, 2.75) is 96.8 Å². The second-order valence-corrected chi connectivity index (χ2v) is 7.77. The molecular weight excluding hydrogens is 368 g/mol. The monoisotopic (exact) mass is 418 g/mol. The highest BCUT2D eigenvalue weighted by molar-refractivity contribution is 4.49. The molecule has 1 N–H and O–H groups in total. The third-order valence-electron chi connectivity index (χ3n) is 4.99. The molecule has 0 radical (unpaired) electrons. The number of aliphatic hydroxyl groups is 1. The molecule has 0 aliphatic heterocycles. The van der Waals surface area contributed by atoms with Crippen molar-refractivity contribution >= 4 is 0 Å². The lowest BCUT2D eigenvalue weighted by molar-refractivity contribution is -0.00577. The maximum Gasteiger partial charge on any atom is 0.0701 e. The molecule has 0 fully saturated rings. The summed E-state index contributed by atoms with van der Waals surface area (Å²) in [6.07, 6.45) is 19.4. The van der Waals surface area contributed by atoms with Crippen molar-refractivity contribution in [3.8, 4) is 0 Å². The van der Waals surface area contributed by atoms with Gasteiger partial charge < -0.3 is 24.1 Å². The summed E-state index contributed by atoms with van der Waals surface area (Å²) in [5.41, 5.74) is 0. The summed E-state index contributed by atoms with van der Waals surface area (Å²) in [5, 5.41) is 8.55. The molecule has 29 heavy (non-hydrogen) atoms. The van der Waals surface area contributed by atoms with E-state index in [2.05, 4.69) is 6.92 Å². The van der Waals surface area contributed by atoms with E-state index in [4.69, 9.17) is 24.1 Å². The van der Waals surface area contributed by atoms with Crippen LogP contribution in [0.2, 0.25) is 0 Å². The Hall–Kier alpha value is -0.200. The maximum absolute atomic E-state index is 8.55. The second kappa shape index (κ2) is 27.8. The number of unbranched alkanes of at least 4 members (excludes halogenated alkanes) is 13. The van der Waals surface area contributed by atoms with E-state index in [1.165, 1.54) is 83.5 Å². The van der Waals surface area contributed by atoms with Crippen molar-refractivity contribution in [3.05, 3.63) is 0 Å². The van der Waals surface area contributed by atoms with Crippen molar-refractivity contribution < 1.29 is 24.1 Å². The van der Waals surface area contributed by atoms with Gasteiger partial charge in [0.05, 0.1) is 52.9 Å². The largest absolute Gasteiger partial charge is 0.394 e. The minimum atomic E-state index is 0.0580. The molecule has 0 aliphatic rings. The van der Waals surface area contributed by atoms with Gasteiger partial charge in [-0.2, -0.15) is 0 Å². The maximum atomic E-state index is 8.55. The molecule has 0 aromatic rings. The normalized spacial score (nSPS) is 11.4. The molecule has 0 heterocycles. The Kier molecular flexibility index (Phi) is 27.6. The first-order valence-corrected chi connectivity index (χ1v) is 12.3. The van der Waals surface area contributed by atoms with E-state index in [-0.39, 0.29) is 6.61 Å². The molecule has 0 saturated heterocycles. The number of aliphatic hydroxyl groups excluding tert-OH is 1. The fourth-order valence-electron chi connectivity index (χ4n) is 3.23. The van der Waals surface area contributed by atoms with E-state index >= 15 is 0 Å². The van der Waals surface area contributed by atoms with Crippen LogP contribution in [-0.4, -0.2) is 64.6 Å². The van der Waals surface area contributed by atoms with Crippen LogP contribution in [0.1, 0.15) is 96.8 Å². The average Bonchev–Trinajstić information content (AvgIpc) is 2.74. The van der Waals surface area contributed by atoms with Crippen LogP contribution in [0.3, 0.4) is 0 Å². The predicted molar refractivity (Wildman–Crippen MR) is 121 cm³/mol. The number of rotatable bonds is 26. The smallest absolute Gasteiger partial charge is 0.0701 e. The van der Waals surface area contributed by atoms with Crippen LogP contribution in [0.4, 0.5) is 0 Å². The highest BCUT2D eigenvalue weighted by Gasteiger charge is 1.95. The van der Waals surface area contributed by atoms with Crippen LogP contribution in [0.5, 0.6) is 0 Å². The van der Waals surface area contributed by atoms with Gasteiger partial charge in [-0.1, -0.05) is 90.4 Å². The third-order valence-corrected chi connectivity index (χ3v) is 4.99. The van der Waals surface area contributed by atoms with Gasteiger partial charge in [-0.3, -0.25) is 0 Å². The summed E-state index contributed by atoms with van der Waals surface area (Å²) in [7, 11) is 0. The van der Waals surface area contributed by atoms with Crippen molar-refractivity contribution in [3.63, 3.8) is 0 Å². The molecule has 0 unspecified atom stereocenters. The van der Waals surface area contributed by atoms with Gasteiger partial charge in [-0.25, -0.2) is 0 Å². The zero-order valence-corrected chi connectivity index (χ0v) is 19.3. The zero-order chi connectivity index (χ0) is 21.1. The van der Waals surface area contributed by atoms with Gasteiger partial charge in [0.25, 0.3) is 0 Å². The first-order chi connectivity index (χ1) is 14.4. The van der Waals surface area contributed by atoms with Gasteiger partial charge in [0, 0.05) is 6.61 Å². The molecule has 5 heteroatoms. The highest BCUT2D eigenvalue weighted by Crippen LogP contribution is 2.12.